The summed E-state index contributed by atoms with van der Waals surface area (Å²) in [5.41, 5.74) is 1.05. The van der Waals surface area contributed by atoms with E-state index in [0.717, 1.165) is 43.4 Å². The molecule has 0 saturated carbocycles. The van der Waals surface area contributed by atoms with Crippen molar-refractivity contribution in [2.24, 2.45) is 0 Å². The molecule has 1 fully saturated rings. The predicted molar refractivity (Wildman–Crippen MR) is 96.9 cm³/mol. The Morgan fingerprint density at radius 2 is 1.73 bits per heavy atom. The summed E-state index contributed by atoms with van der Waals surface area (Å²) in [5, 5.41) is 2.64. The number of carbonyl (C=O) groups is 2. The molecule has 0 spiro atoms. The molecule has 2 heterocycles. The Balaban J connectivity index is 1.85. The van der Waals surface area contributed by atoms with Crippen molar-refractivity contribution in [2.75, 3.05) is 13.1 Å². The van der Waals surface area contributed by atoms with Gasteiger partial charge in [0.15, 0.2) is 0 Å². The van der Waals surface area contributed by atoms with Gasteiger partial charge < -0.3 is 9.72 Å². The lowest BCUT2D eigenvalue weighted by atomic mass is 10.1. The van der Waals surface area contributed by atoms with Crippen molar-refractivity contribution < 1.29 is 14.3 Å². The summed E-state index contributed by atoms with van der Waals surface area (Å²) in [7, 11) is 0. The number of H-pyrrole nitrogens is 1. The Hall–Kier alpha value is -2.31. The van der Waals surface area contributed by atoms with Crippen molar-refractivity contribution in [3.8, 4) is 0 Å². The SMILES string of the molecule is CC(C)(C)OC(=O)N1CCCN1C(=O)c1cc2c([nH]c1=O)CCCCC2. The molecule has 2 amide bonds. The molecular formula is C19H27N3O4. The number of aromatic amines is 1. The third kappa shape index (κ3) is 3.92. The van der Waals surface area contributed by atoms with E-state index < -0.39 is 17.6 Å². The molecule has 1 aliphatic heterocycles. The molecule has 0 unspecified atom stereocenters. The van der Waals surface area contributed by atoms with E-state index in [1.807, 2.05) is 0 Å². The van der Waals surface area contributed by atoms with Crippen LogP contribution in [0.2, 0.25) is 0 Å². The summed E-state index contributed by atoms with van der Waals surface area (Å²) in [6.45, 7) is 6.15. The normalized spacial score (nSPS) is 17.7. The molecule has 7 nitrogen and oxygen atoms in total. The van der Waals surface area contributed by atoms with Crippen LogP contribution in [0.25, 0.3) is 0 Å². The summed E-state index contributed by atoms with van der Waals surface area (Å²) in [5.74, 6) is -0.443. The van der Waals surface area contributed by atoms with Crippen LogP contribution in [-0.4, -0.2) is 45.7 Å². The second-order valence-corrected chi connectivity index (χ2v) is 7.96. The number of nitrogens with one attached hydrogen (secondary N) is 1. The topological polar surface area (TPSA) is 82.7 Å². The van der Waals surface area contributed by atoms with Gasteiger partial charge in [0.1, 0.15) is 11.2 Å². The summed E-state index contributed by atoms with van der Waals surface area (Å²) in [6, 6.07) is 1.72. The molecule has 0 atom stereocenters. The second-order valence-electron chi connectivity index (χ2n) is 7.96. The molecule has 1 aromatic heterocycles. The van der Waals surface area contributed by atoms with Crippen LogP contribution in [-0.2, 0) is 17.6 Å². The number of fused-ring (bicyclic) bond motifs is 1. The average Bonchev–Trinajstić information content (AvgIpc) is 2.93. The van der Waals surface area contributed by atoms with E-state index in [1.54, 1.807) is 26.8 Å². The molecule has 3 rings (SSSR count). The highest BCUT2D eigenvalue weighted by molar-refractivity contribution is 5.95. The lowest BCUT2D eigenvalue weighted by molar-refractivity contribution is -0.0194. The molecule has 0 bridgehead atoms. The van der Waals surface area contributed by atoms with Crippen molar-refractivity contribution in [3.63, 3.8) is 0 Å². The van der Waals surface area contributed by atoms with Gasteiger partial charge in [-0.3, -0.25) is 9.59 Å². The van der Waals surface area contributed by atoms with Gasteiger partial charge in [0, 0.05) is 18.8 Å². The Kier molecular flexibility index (Phi) is 5.07. The van der Waals surface area contributed by atoms with Crippen LogP contribution in [0, 0.1) is 0 Å². The predicted octanol–water partition coefficient (Wildman–Crippen LogP) is 2.64. The number of hydrazine groups is 1. The van der Waals surface area contributed by atoms with Gasteiger partial charge in [0.25, 0.3) is 11.5 Å². The van der Waals surface area contributed by atoms with Gasteiger partial charge in [0.05, 0.1) is 0 Å². The minimum absolute atomic E-state index is 0.0982. The van der Waals surface area contributed by atoms with Crippen molar-refractivity contribution >= 4 is 12.0 Å². The number of aryl methyl sites for hydroxylation is 2. The number of ether oxygens (including phenoxy) is 1. The lowest BCUT2D eigenvalue weighted by Gasteiger charge is -2.30. The zero-order chi connectivity index (χ0) is 18.9. The zero-order valence-electron chi connectivity index (χ0n) is 15.8. The fourth-order valence-corrected chi connectivity index (χ4v) is 3.48. The van der Waals surface area contributed by atoms with Crippen molar-refractivity contribution in [1.82, 2.24) is 15.0 Å². The Bertz CT molecular complexity index is 763. The fourth-order valence-electron chi connectivity index (χ4n) is 3.48. The summed E-state index contributed by atoms with van der Waals surface area (Å²) in [4.78, 5) is 40.7. The number of hydrogen-bond acceptors (Lipinski definition) is 4. The molecule has 0 radical (unpaired) electrons. The third-order valence-corrected chi connectivity index (χ3v) is 4.69. The van der Waals surface area contributed by atoms with Gasteiger partial charge in [-0.15, -0.1) is 0 Å². The van der Waals surface area contributed by atoms with Crippen LogP contribution in [0.15, 0.2) is 10.9 Å². The zero-order valence-corrected chi connectivity index (χ0v) is 15.8. The lowest BCUT2D eigenvalue weighted by Crippen LogP contribution is -2.48. The molecule has 26 heavy (non-hydrogen) atoms. The van der Waals surface area contributed by atoms with Crippen LogP contribution < -0.4 is 5.56 Å². The highest BCUT2D eigenvalue weighted by atomic mass is 16.6. The van der Waals surface area contributed by atoms with E-state index in [1.165, 1.54) is 10.0 Å². The first-order valence-electron chi connectivity index (χ1n) is 9.33. The van der Waals surface area contributed by atoms with E-state index >= 15 is 0 Å². The van der Waals surface area contributed by atoms with Gasteiger partial charge in [-0.2, -0.15) is 0 Å². The molecule has 0 aromatic carbocycles. The average molecular weight is 361 g/mol. The van der Waals surface area contributed by atoms with Crippen LogP contribution in [0.1, 0.15) is 68.1 Å². The largest absolute Gasteiger partial charge is 0.442 e. The van der Waals surface area contributed by atoms with Crippen LogP contribution in [0.3, 0.4) is 0 Å². The Morgan fingerprint density at radius 1 is 1.04 bits per heavy atom. The molecule has 2 aliphatic rings. The number of nitrogens with zero attached hydrogens (tertiary/aromatic N) is 2. The van der Waals surface area contributed by atoms with Crippen molar-refractivity contribution in [1.29, 1.82) is 0 Å². The highest BCUT2D eigenvalue weighted by Gasteiger charge is 2.35. The molecule has 1 aromatic rings. The highest BCUT2D eigenvalue weighted by Crippen LogP contribution is 2.21. The Morgan fingerprint density at radius 3 is 2.46 bits per heavy atom. The summed E-state index contributed by atoms with van der Waals surface area (Å²) in [6.07, 6.45) is 5.03. The van der Waals surface area contributed by atoms with E-state index in [9.17, 15) is 14.4 Å². The number of pyridine rings is 1. The van der Waals surface area contributed by atoms with Crippen molar-refractivity contribution in [2.45, 2.75) is 64.9 Å². The molecule has 142 valence electrons. The van der Waals surface area contributed by atoms with Crippen LogP contribution in [0.5, 0.6) is 0 Å². The van der Waals surface area contributed by atoms with Gasteiger partial charge in [0.2, 0.25) is 0 Å². The number of aromatic nitrogens is 1. The number of hydrogen-bond donors (Lipinski definition) is 1. The number of carbonyl (C=O) groups excluding carboxylic acids is 2. The number of rotatable bonds is 1. The first-order chi connectivity index (χ1) is 12.3. The van der Waals surface area contributed by atoms with Gasteiger partial charge in [-0.05, 0) is 64.5 Å². The molecule has 1 aliphatic carbocycles. The third-order valence-electron chi connectivity index (χ3n) is 4.69. The monoisotopic (exact) mass is 361 g/mol. The van der Waals surface area contributed by atoms with Crippen molar-refractivity contribution in [3.05, 3.63) is 33.2 Å². The molecular weight excluding hydrogens is 334 g/mol. The van der Waals surface area contributed by atoms with Gasteiger partial charge in [-0.25, -0.2) is 14.8 Å². The van der Waals surface area contributed by atoms with E-state index in [0.29, 0.717) is 19.5 Å². The molecule has 1 saturated heterocycles. The molecule has 7 heteroatoms. The first-order valence-corrected chi connectivity index (χ1v) is 9.33. The smallest absolute Gasteiger partial charge is 0.429 e. The maximum absolute atomic E-state index is 13.0. The van der Waals surface area contributed by atoms with E-state index in [-0.39, 0.29) is 11.1 Å². The first kappa shape index (κ1) is 18.5. The summed E-state index contributed by atoms with van der Waals surface area (Å²) < 4.78 is 5.38. The quantitative estimate of drug-likeness (QED) is 0.780. The fraction of sp³-hybridized carbons (Fsp3) is 0.632. The summed E-state index contributed by atoms with van der Waals surface area (Å²) >= 11 is 0. The standard InChI is InChI=1S/C19H27N3O4/c1-19(2,3)26-18(25)22-11-7-10-21(22)17(24)14-12-13-8-5-4-6-9-15(13)20-16(14)23/h12H,4-11H2,1-3H3,(H,20,23). The minimum atomic E-state index is -0.643. The Labute approximate surface area is 153 Å². The van der Waals surface area contributed by atoms with Gasteiger partial charge >= 0.3 is 6.09 Å². The number of amides is 2. The maximum Gasteiger partial charge on any atom is 0.429 e. The van der Waals surface area contributed by atoms with Crippen LogP contribution >= 0.6 is 0 Å². The minimum Gasteiger partial charge on any atom is -0.442 e. The van der Waals surface area contributed by atoms with Crippen LogP contribution in [0.4, 0.5) is 4.79 Å². The molecule has 1 N–H and O–H groups in total. The van der Waals surface area contributed by atoms with Gasteiger partial charge in [-0.1, -0.05) is 6.42 Å². The second kappa shape index (κ2) is 7.13. The maximum atomic E-state index is 13.0. The van der Waals surface area contributed by atoms with E-state index in [2.05, 4.69) is 4.98 Å². The van der Waals surface area contributed by atoms with E-state index in [4.69, 9.17) is 4.74 Å².